The molecule has 2 fully saturated rings. The third-order valence-corrected chi connectivity index (χ3v) is 5.64. The number of halogens is 2. The van der Waals surface area contributed by atoms with Crippen molar-refractivity contribution in [1.29, 1.82) is 0 Å². The number of carbonyl (C=O) groups excluding carboxylic acids is 1. The summed E-state index contributed by atoms with van der Waals surface area (Å²) in [6, 6.07) is 12.7. The van der Waals surface area contributed by atoms with Crippen molar-refractivity contribution in [3.05, 3.63) is 53.3 Å². The Morgan fingerprint density at radius 3 is 2.67 bits per heavy atom. The summed E-state index contributed by atoms with van der Waals surface area (Å²) in [7, 11) is 0. The second kappa shape index (κ2) is 7.87. The van der Waals surface area contributed by atoms with Gasteiger partial charge in [0.1, 0.15) is 0 Å². The molecule has 0 radical (unpaired) electrons. The third kappa shape index (κ3) is 4.25. The van der Waals surface area contributed by atoms with Crippen molar-refractivity contribution in [2.45, 2.75) is 37.8 Å². The van der Waals surface area contributed by atoms with Crippen molar-refractivity contribution in [2.24, 2.45) is 5.92 Å². The average Bonchev–Trinajstić information content (AvgIpc) is 3.00. The highest BCUT2D eigenvalue weighted by Gasteiger charge is 2.33. The smallest absolute Gasteiger partial charge is 0.407 e. The number of hydrogen-bond donors (Lipinski definition) is 2. The first-order valence-electron chi connectivity index (χ1n) is 9.34. The highest BCUT2D eigenvalue weighted by atomic mass is 35.5. The number of piperidine rings is 1. The number of benzene rings is 2. The molecule has 2 aliphatic heterocycles. The molecule has 0 aromatic heterocycles. The van der Waals surface area contributed by atoms with Crippen LogP contribution in [-0.2, 0) is 0 Å². The lowest BCUT2D eigenvalue weighted by Crippen LogP contribution is -2.42. The average molecular weight is 389 g/mol. The summed E-state index contributed by atoms with van der Waals surface area (Å²) >= 11 is 6.04. The number of amides is 1. The maximum atomic E-state index is 14.4. The number of carbonyl (C=O) groups is 1. The van der Waals surface area contributed by atoms with Gasteiger partial charge in [-0.05, 0) is 55.4 Å². The van der Waals surface area contributed by atoms with Gasteiger partial charge in [0, 0.05) is 29.2 Å². The number of fused-ring (bicyclic) bond motifs is 2. The van der Waals surface area contributed by atoms with Gasteiger partial charge in [0.15, 0.2) is 11.6 Å². The number of rotatable bonds is 4. The van der Waals surface area contributed by atoms with E-state index in [1.54, 1.807) is 36.4 Å². The summed E-state index contributed by atoms with van der Waals surface area (Å²) in [5, 5.41) is 6.92. The van der Waals surface area contributed by atoms with E-state index in [4.69, 9.17) is 16.3 Å². The Morgan fingerprint density at radius 1 is 1.19 bits per heavy atom. The molecule has 2 atom stereocenters. The fourth-order valence-corrected chi connectivity index (χ4v) is 4.38. The van der Waals surface area contributed by atoms with Crippen LogP contribution < -0.4 is 15.4 Å². The third-order valence-electron chi connectivity index (χ3n) is 5.40. The van der Waals surface area contributed by atoms with Crippen molar-refractivity contribution in [3.63, 3.8) is 0 Å². The Labute approximate surface area is 163 Å². The van der Waals surface area contributed by atoms with E-state index in [-0.39, 0.29) is 5.75 Å². The van der Waals surface area contributed by atoms with Crippen molar-refractivity contribution >= 4 is 17.7 Å². The minimum absolute atomic E-state index is 0.0809. The lowest BCUT2D eigenvalue weighted by atomic mass is 9.92. The van der Waals surface area contributed by atoms with E-state index < -0.39 is 11.9 Å². The Bertz CT molecular complexity index is 833. The van der Waals surface area contributed by atoms with E-state index in [0.717, 1.165) is 12.8 Å². The molecule has 0 aliphatic carbocycles. The second-order valence-electron chi connectivity index (χ2n) is 7.37. The molecule has 4 nitrogen and oxygen atoms in total. The monoisotopic (exact) mass is 388 g/mol. The summed E-state index contributed by atoms with van der Waals surface area (Å²) < 4.78 is 19.7. The van der Waals surface area contributed by atoms with Gasteiger partial charge in [-0.2, -0.15) is 0 Å². The Hall–Kier alpha value is -2.11. The van der Waals surface area contributed by atoms with E-state index in [1.165, 1.54) is 18.9 Å². The molecule has 2 aromatic carbocycles. The van der Waals surface area contributed by atoms with Crippen LogP contribution >= 0.6 is 11.6 Å². The van der Waals surface area contributed by atoms with Crippen LogP contribution in [-0.4, -0.2) is 24.7 Å². The SMILES string of the molecule is O=C(NCC1CC2CCC(C1)N2)Oc1c(F)cccc1-c1cccc(Cl)c1. The van der Waals surface area contributed by atoms with Gasteiger partial charge in [-0.15, -0.1) is 0 Å². The fraction of sp³-hybridized carbons (Fsp3) is 0.381. The first kappa shape index (κ1) is 18.3. The van der Waals surface area contributed by atoms with Crippen molar-refractivity contribution < 1.29 is 13.9 Å². The van der Waals surface area contributed by atoms with Crippen LogP contribution in [0.2, 0.25) is 5.02 Å². The molecule has 2 aliphatic rings. The summed E-state index contributed by atoms with van der Waals surface area (Å²) in [4.78, 5) is 12.3. The van der Waals surface area contributed by atoms with E-state index in [2.05, 4.69) is 10.6 Å². The molecule has 27 heavy (non-hydrogen) atoms. The van der Waals surface area contributed by atoms with Gasteiger partial charge >= 0.3 is 6.09 Å². The first-order chi connectivity index (χ1) is 13.1. The second-order valence-corrected chi connectivity index (χ2v) is 7.81. The summed E-state index contributed by atoms with van der Waals surface area (Å²) in [6.07, 6.45) is 3.91. The van der Waals surface area contributed by atoms with E-state index in [9.17, 15) is 9.18 Å². The normalized spacial score (nSPS) is 23.9. The van der Waals surface area contributed by atoms with Crippen molar-refractivity contribution in [1.82, 2.24) is 10.6 Å². The van der Waals surface area contributed by atoms with Crippen molar-refractivity contribution in [2.75, 3.05) is 6.54 Å². The molecule has 2 unspecified atom stereocenters. The Morgan fingerprint density at radius 2 is 1.93 bits per heavy atom. The largest absolute Gasteiger partial charge is 0.412 e. The van der Waals surface area contributed by atoms with Crippen molar-refractivity contribution in [3.8, 4) is 16.9 Å². The van der Waals surface area contributed by atoms with Gasteiger partial charge in [0.2, 0.25) is 0 Å². The van der Waals surface area contributed by atoms with Gasteiger partial charge in [0.25, 0.3) is 0 Å². The number of ether oxygens (including phenoxy) is 1. The summed E-state index contributed by atoms with van der Waals surface area (Å²) in [5.41, 5.74) is 1.19. The molecule has 2 heterocycles. The molecule has 2 saturated heterocycles. The number of nitrogens with one attached hydrogen (secondary N) is 2. The number of hydrogen-bond acceptors (Lipinski definition) is 3. The van der Waals surface area contributed by atoms with Gasteiger partial charge < -0.3 is 15.4 Å². The molecular formula is C21H22ClFN2O2. The Kier molecular flexibility index (Phi) is 5.32. The first-order valence-corrected chi connectivity index (χ1v) is 9.72. The molecule has 0 saturated carbocycles. The van der Waals surface area contributed by atoms with Gasteiger partial charge in [-0.3, -0.25) is 0 Å². The maximum absolute atomic E-state index is 14.4. The lowest BCUT2D eigenvalue weighted by molar-refractivity contribution is 0.193. The topological polar surface area (TPSA) is 50.4 Å². The molecule has 1 amide bonds. The molecule has 2 bridgehead atoms. The summed E-state index contributed by atoms with van der Waals surface area (Å²) in [5.74, 6) is -0.227. The van der Waals surface area contributed by atoms with Gasteiger partial charge in [-0.1, -0.05) is 35.9 Å². The molecular weight excluding hydrogens is 367 g/mol. The van der Waals surface area contributed by atoms with E-state index >= 15 is 0 Å². The van der Waals surface area contributed by atoms with Crippen LogP contribution in [0.5, 0.6) is 5.75 Å². The lowest BCUT2D eigenvalue weighted by Gasteiger charge is -2.29. The minimum Gasteiger partial charge on any atom is -0.407 e. The van der Waals surface area contributed by atoms with Crippen LogP contribution in [0, 0.1) is 11.7 Å². The molecule has 6 heteroatoms. The van der Waals surface area contributed by atoms with E-state index in [1.807, 2.05) is 0 Å². The summed E-state index contributed by atoms with van der Waals surface area (Å²) in [6.45, 7) is 0.550. The van der Waals surface area contributed by atoms with E-state index in [0.29, 0.717) is 40.7 Å². The number of para-hydroxylation sites is 1. The maximum Gasteiger partial charge on any atom is 0.412 e. The highest BCUT2D eigenvalue weighted by molar-refractivity contribution is 6.30. The highest BCUT2D eigenvalue weighted by Crippen LogP contribution is 2.34. The van der Waals surface area contributed by atoms with Crippen LogP contribution in [0.15, 0.2) is 42.5 Å². The Balaban J connectivity index is 1.43. The van der Waals surface area contributed by atoms with Crippen LogP contribution in [0.25, 0.3) is 11.1 Å². The quantitative estimate of drug-likeness (QED) is 0.793. The molecule has 4 rings (SSSR count). The zero-order chi connectivity index (χ0) is 18.8. The zero-order valence-electron chi connectivity index (χ0n) is 14.9. The standard InChI is InChI=1S/C21H22ClFN2O2/c22-15-4-1-3-14(11-15)18-5-2-6-19(23)20(18)27-21(26)24-12-13-9-16-7-8-17(10-13)25-16/h1-6,11,13,16-17,25H,7-10,12H2,(H,24,26). The molecule has 142 valence electrons. The predicted molar refractivity (Wildman–Crippen MR) is 104 cm³/mol. The predicted octanol–water partition coefficient (Wildman–Crippen LogP) is 4.77. The minimum atomic E-state index is -0.630. The fourth-order valence-electron chi connectivity index (χ4n) is 4.19. The molecule has 2 N–H and O–H groups in total. The van der Waals surface area contributed by atoms with Crippen LogP contribution in [0.1, 0.15) is 25.7 Å². The van der Waals surface area contributed by atoms with Gasteiger partial charge in [0.05, 0.1) is 0 Å². The van der Waals surface area contributed by atoms with Gasteiger partial charge in [-0.25, -0.2) is 9.18 Å². The molecule has 2 aromatic rings. The van der Waals surface area contributed by atoms with Crippen LogP contribution in [0.3, 0.4) is 0 Å². The van der Waals surface area contributed by atoms with Crippen LogP contribution in [0.4, 0.5) is 9.18 Å². The zero-order valence-corrected chi connectivity index (χ0v) is 15.6. The molecule has 0 spiro atoms.